The van der Waals surface area contributed by atoms with Crippen LogP contribution in [0.15, 0.2) is 0 Å². The molecule has 0 aromatic carbocycles. The molecule has 1 aliphatic rings. The first-order valence-corrected chi connectivity index (χ1v) is 9.02. The predicted molar refractivity (Wildman–Crippen MR) is 83.0 cm³/mol. The molecular formula is C13H30N4O2S. The van der Waals surface area contributed by atoms with E-state index in [1.807, 2.05) is 0 Å². The fourth-order valence-electron chi connectivity index (χ4n) is 2.26. The van der Waals surface area contributed by atoms with Crippen LogP contribution in [0, 0.1) is 0 Å². The van der Waals surface area contributed by atoms with E-state index in [2.05, 4.69) is 28.8 Å². The molecule has 120 valence electrons. The van der Waals surface area contributed by atoms with E-state index in [1.54, 1.807) is 7.05 Å². The molecule has 0 aromatic heterocycles. The first kappa shape index (κ1) is 17.8. The Morgan fingerprint density at radius 1 is 1.20 bits per heavy atom. The van der Waals surface area contributed by atoms with E-state index in [0.717, 1.165) is 32.6 Å². The van der Waals surface area contributed by atoms with E-state index in [1.165, 1.54) is 17.1 Å². The summed E-state index contributed by atoms with van der Waals surface area (Å²) in [6, 6.07) is 0.440. The maximum Gasteiger partial charge on any atom is 0.279 e. The van der Waals surface area contributed by atoms with Gasteiger partial charge in [0, 0.05) is 32.7 Å². The van der Waals surface area contributed by atoms with Gasteiger partial charge in [0.15, 0.2) is 0 Å². The normalized spacial score (nSPS) is 17.4. The van der Waals surface area contributed by atoms with Crippen LogP contribution in [-0.2, 0) is 10.2 Å². The predicted octanol–water partition coefficient (Wildman–Crippen LogP) is 0.237. The van der Waals surface area contributed by atoms with Crippen LogP contribution in [0.1, 0.15) is 33.1 Å². The fourth-order valence-corrected chi connectivity index (χ4v) is 3.20. The number of hydrogen-bond acceptors (Lipinski definition) is 4. The third-order valence-corrected chi connectivity index (χ3v) is 5.10. The zero-order valence-electron chi connectivity index (χ0n) is 13.1. The van der Waals surface area contributed by atoms with Crippen LogP contribution in [0.3, 0.4) is 0 Å². The molecule has 6 nitrogen and oxygen atoms in total. The van der Waals surface area contributed by atoms with Gasteiger partial charge in [-0.15, -0.1) is 0 Å². The summed E-state index contributed by atoms with van der Waals surface area (Å²) >= 11 is 0. The minimum atomic E-state index is -3.32. The van der Waals surface area contributed by atoms with E-state index in [9.17, 15) is 8.42 Å². The average Bonchev–Trinajstić information content (AvgIpc) is 2.87. The van der Waals surface area contributed by atoms with Crippen molar-refractivity contribution in [1.82, 2.24) is 19.2 Å². The molecule has 2 N–H and O–H groups in total. The van der Waals surface area contributed by atoms with Crippen molar-refractivity contribution in [3.8, 4) is 0 Å². The second kappa shape index (κ2) is 8.94. The molecule has 0 saturated carbocycles. The molecule has 0 amide bonds. The molecule has 0 aliphatic carbocycles. The van der Waals surface area contributed by atoms with Crippen molar-refractivity contribution in [3.63, 3.8) is 0 Å². The standard InChI is InChI=1S/C13H30N4O2S/c1-13(2)14-7-6-9-16(3)20(18,19)15-8-12-17-10-4-5-11-17/h13-15H,4-12H2,1-3H3. The van der Waals surface area contributed by atoms with Gasteiger partial charge in [-0.2, -0.15) is 12.7 Å². The minimum absolute atomic E-state index is 0.440. The van der Waals surface area contributed by atoms with Crippen LogP contribution in [0.25, 0.3) is 0 Å². The lowest BCUT2D eigenvalue weighted by atomic mass is 10.3. The van der Waals surface area contributed by atoms with Gasteiger partial charge in [-0.1, -0.05) is 13.8 Å². The number of nitrogens with zero attached hydrogens (tertiary/aromatic N) is 2. The van der Waals surface area contributed by atoms with Crippen LogP contribution >= 0.6 is 0 Å². The molecular weight excluding hydrogens is 276 g/mol. The zero-order valence-corrected chi connectivity index (χ0v) is 13.9. The van der Waals surface area contributed by atoms with E-state index in [-0.39, 0.29) is 0 Å². The first-order valence-electron chi connectivity index (χ1n) is 7.58. The SMILES string of the molecule is CC(C)NCCCN(C)S(=O)(=O)NCCN1CCCC1. The zero-order chi connectivity index (χ0) is 15.0. The Hall–Kier alpha value is -0.210. The van der Waals surface area contributed by atoms with Gasteiger partial charge >= 0.3 is 0 Å². The monoisotopic (exact) mass is 306 g/mol. The lowest BCUT2D eigenvalue weighted by molar-refractivity contribution is 0.341. The van der Waals surface area contributed by atoms with Gasteiger partial charge in [0.2, 0.25) is 0 Å². The topological polar surface area (TPSA) is 64.7 Å². The van der Waals surface area contributed by atoms with Crippen LogP contribution in [0.5, 0.6) is 0 Å². The number of rotatable bonds is 10. The fraction of sp³-hybridized carbons (Fsp3) is 1.00. The Kier molecular flexibility index (Phi) is 7.98. The van der Waals surface area contributed by atoms with Crippen molar-refractivity contribution in [3.05, 3.63) is 0 Å². The molecule has 0 unspecified atom stereocenters. The van der Waals surface area contributed by atoms with E-state index >= 15 is 0 Å². The van der Waals surface area contributed by atoms with Gasteiger partial charge in [-0.25, -0.2) is 4.72 Å². The molecule has 0 aromatic rings. The van der Waals surface area contributed by atoms with E-state index < -0.39 is 10.2 Å². The highest BCUT2D eigenvalue weighted by atomic mass is 32.2. The van der Waals surface area contributed by atoms with Crippen molar-refractivity contribution in [2.75, 3.05) is 46.3 Å². The lowest BCUT2D eigenvalue weighted by Gasteiger charge is -2.20. The molecule has 1 saturated heterocycles. The average molecular weight is 306 g/mol. The van der Waals surface area contributed by atoms with Crippen molar-refractivity contribution in [1.29, 1.82) is 0 Å². The van der Waals surface area contributed by atoms with Crippen molar-refractivity contribution >= 4 is 10.2 Å². The Morgan fingerprint density at radius 3 is 2.45 bits per heavy atom. The molecule has 0 bridgehead atoms. The highest BCUT2D eigenvalue weighted by Crippen LogP contribution is 2.05. The van der Waals surface area contributed by atoms with Crippen LogP contribution in [-0.4, -0.2) is 70.0 Å². The third-order valence-electron chi connectivity index (χ3n) is 3.52. The number of likely N-dealkylation sites (tertiary alicyclic amines) is 1. The number of nitrogens with one attached hydrogen (secondary N) is 2. The van der Waals surface area contributed by atoms with Crippen LogP contribution < -0.4 is 10.0 Å². The highest BCUT2D eigenvalue weighted by molar-refractivity contribution is 7.87. The Labute approximate surface area is 124 Å². The van der Waals surface area contributed by atoms with Crippen molar-refractivity contribution < 1.29 is 8.42 Å². The summed E-state index contributed by atoms with van der Waals surface area (Å²) in [6.07, 6.45) is 3.28. The molecule has 7 heteroatoms. The first-order chi connectivity index (χ1) is 9.42. The smallest absolute Gasteiger partial charge is 0.279 e. The molecule has 20 heavy (non-hydrogen) atoms. The maximum absolute atomic E-state index is 12.0. The maximum atomic E-state index is 12.0. The Bertz CT molecular complexity index is 353. The molecule has 1 heterocycles. The van der Waals surface area contributed by atoms with Gasteiger partial charge in [-0.05, 0) is 38.9 Å². The summed E-state index contributed by atoms with van der Waals surface area (Å²) in [6.45, 7) is 9.04. The molecule has 0 spiro atoms. The van der Waals surface area contributed by atoms with Gasteiger partial charge in [0.1, 0.15) is 0 Å². The largest absolute Gasteiger partial charge is 0.314 e. The van der Waals surface area contributed by atoms with Gasteiger partial charge in [-0.3, -0.25) is 0 Å². The lowest BCUT2D eigenvalue weighted by Crippen LogP contribution is -2.42. The van der Waals surface area contributed by atoms with E-state index in [4.69, 9.17) is 0 Å². The van der Waals surface area contributed by atoms with Crippen molar-refractivity contribution in [2.45, 2.75) is 39.2 Å². The molecule has 0 radical (unpaired) electrons. The van der Waals surface area contributed by atoms with Gasteiger partial charge < -0.3 is 10.2 Å². The van der Waals surface area contributed by atoms with E-state index in [0.29, 0.717) is 19.1 Å². The summed E-state index contributed by atoms with van der Waals surface area (Å²) in [5, 5.41) is 3.28. The second-order valence-corrected chi connectivity index (χ2v) is 7.59. The molecule has 1 rings (SSSR count). The Morgan fingerprint density at radius 2 is 1.85 bits per heavy atom. The van der Waals surface area contributed by atoms with Gasteiger partial charge in [0.25, 0.3) is 10.2 Å². The van der Waals surface area contributed by atoms with Crippen LogP contribution in [0.2, 0.25) is 0 Å². The van der Waals surface area contributed by atoms with Crippen molar-refractivity contribution in [2.24, 2.45) is 0 Å². The van der Waals surface area contributed by atoms with Crippen LogP contribution in [0.4, 0.5) is 0 Å². The quantitative estimate of drug-likeness (QED) is 0.567. The second-order valence-electron chi connectivity index (χ2n) is 5.73. The third kappa shape index (κ3) is 6.99. The summed E-state index contributed by atoms with van der Waals surface area (Å²) in [5.74, 6) is 0. The molecule has 1 aliphatic heterocycles. The summed E-state index contributed by atoms with van der Waals surface area (Å²) in [4.78, 5) is 2.30. The Balaban J connectivity index is 2.17. The summed E-state index contributed by atoms with van der Waals surface area (Å²) in [7, 11) is -1.69. The molecule has 0 atom stereocenters. The number of hydrogen-bond donors (Lipinski definition) is 2. The highest BCUT2D eigenvalue weighted by Gasteiger charge is 2.17. The summed E-state index contributed by atoms with van der Waals surface area (Å²) in [5.41, 5.74) is 0. The van der Waals surface area contributed by atoms with Gasteiger partial charge in [0.05, 0.1) is 0 Å². The summed E-state index contributed by atoms with van der Waals surface area (Å²) < 4.78 is 28.1. The minimum Gasteiger partial charge on any atom is -0.314 e. The molecule has 1 fully saturated rings.